The van der Waals surface area contributed by atoms with Crippen LogP contribution in [0.4, 0.5) is 22.7 Å². The van der Waals surface area contributed by atoms with Crippen LogP contribution >= 0.6 is 0 Å². The molecule has 0 aliphatic carbocycles. The zero-order chi connectivity index (χ0) is 38.0. The van der Waals surface area contributed by atoms with Gasteiger partial charge in [0, 0.05) is 22.7 Å². The molecular weight excluding hydrogens is 628 g/mol. The summed E-state index contributed by atoms with van der Waals surface area (Å²) in [6, 6.07) is 17.5. The van der Waals surface area contributed by atoms with Crippen molar-refractivity contribution >= 4 is 46.1 Å². The molecule has 2 amide bonds. The highest BCUT2D eigenvalue weighted by atomic mass is 16.2. The molecule has 0 fully saturated rings. The van der Waals surface area contributed by atoms with Crippen molar-refractivity contribution in [3.05, 3.63) is 105 Å². The van der Waals surface area contributed by atoms with Gasteiger partial charge in [-0.2, -0.15) is 0 Å². The van der Waals surface area contributed by atoms with Crippen molar-refractivity contribution in [3.63, 3.8) is 0 Å². The second-order valence-corrected chi connectivity index (χ2v) is 12.8. The van der Waals surface area contributed by atoms with Crippen LogP contribution in [0.25, 0.3) is 11.1 Å². The second-order valence-electron chi connectivity index (χ2n) is 12.8. The predicted molar refractivity (Wildman–Crippen MR) is 206 cm³/mol. The SMILES string of the molecule is CC(=O)C(N)C(=O)Nc1ccc(C)cc1C.CC(=O)C(N)C(=O)Nc1ccc(C)cc1C.Cc1cc(-c2cc(C)c(N)cc2C)c(C)cc1N. The van der Waals surface area contributed by atoms with E-state index in [0.717, 1.165) is 44.8 Å². The molecule has 0 aromatic heterocycles. The topological polar surface area (TPSA) is 196 Å². The number of aryl methyl sites for hydroxylation is 8. The van der Waals surface area contributed by atoms with Gasteiger partial charge >= 0.3 is 0 Å². The van der Waals surface area contributed by atoms with E-state index >= 15 is 0 Å². The van der Waals surface area contributed by atoms with Gasteiger partial charge in [0.15, 0.2) is 11.6 Å². The number of amides is 2. The minimum atomic E-state index is -1.10. The zero-order valence-electron chi connectivity index (χ0n) is 30.9. The summed E-state index contributed by atoms with van der Waals surface area (Å²) in [5.41, 5.74) is 37.0. The number of nitrogens with one attached hydrogen (secondary N) is 2. The number of Topliss-reactive ketones (excluding diaryl/α,β-unsaturated/α-hetero) is 2. The fourth-order valence-electron chi connectivity index (χ4n) is 4.96. The normalized spacial score (nSPS) is 11.5. The molecule has 2 atom stereocenters. The Morgan fingerprint density at radius 3 is 1.08 bits per heavy atom. The van der Waals surface area contributed by atoms with Crippen molar-refractivity contribution in [1.82, 2.24) is 0 Å². The lowest BCUT2D eigenvalue weighted by atomic mass is 9.92. The van der Waals surface area contributed by atoms with Crippen LogP contribution in [0.3, 0.4) is 0 Å². The lowest BCUT2D eigenvalue weighted by Crippen LogP contribution is -2.41. The summed E-state index contributed by atoms with van der Waals surface area (Å²) >= 11 is 0. The zero-order valence-corrected chi connectivity index (χ0v) is 30.9. The van der Waals surface area contributed by atoms with Gasteiger partial charge in [0.05, 0.1) is 0 Å². The summed E-state index contributed by atoms with van der Waals surface area (Å²) in [5, 5.41) is 5.27. The average molecular weight is 681 g/mol. The van der Waals surface area contributed by atoms with Crippen molar-refractivity contribution in [1.29, 1.82) is 0 Å². The van der Waals surface area contributed by atoms with Crippen molar-refractivity contribution in [3.8, 4) is 11.1 Å². The Labute approximate surface area is 296 Å². The van der Waals surface area contributed by atoms with Gasteiger partial charge in [0.25, 0.3) is 0 Å². The monoisotopic (exact) mass is 680 g/mol. The van der Waals surface area contributed by atoms with E-state index in [1.165, 1.54) is 36.1 Å². The molecule has 0 heterocycles. The van der Waals surface area contributed by atoms with Crippen LogP contribution in [0.15, 0.2) is 60.7 Å². The number of anilines is 4. The molecule has 4 aromatic rings. The van der Waals surface area contributed by atoms with Crippen LogP contribution in [-0.2, 0) is 19.2 Å². The van der Waals surface area contributed by atoms with Crippen LogP contribution in [0.1, 0.15) is 58.4 Å². The van der Waals surface area contributed by atoms with Crippen LogP contribution in [0, 0.1) is 55.4 Å². The number of nitrogens with two attached hydrogens (primary N) is 4. The van der Waals surface area contributed by atoms with Gasteiger partial charge in [-0.15, -0.1) is 0 Å². The minimum absolute atomic E-state index is 0.345. The maximum absolute atomic E-state index is 11.5. The van der Waals surface area contributed by atoms with Crippen molar-refractivity contribution in [2.75, 3.05) is 22.1 Å². The molecule has 0 spiro atoms. The molecule has 10 heteroatoms. The summed E-state index contributed by atoms with van der Waals surface area (Å²) in [4.78, 5) is 44.9. The summed E-state index contributed by atoms with van der Waals surface area (Å²) in [7, 11) is 0. The van der Waals surface area contributed by atoms with Crippen molar-refractivity contribution in [2.45, 2.75) is 81.3 Å². The first-order valence-electron chi connectivity index (χ1n) is 16.3. The Kier molecular flexibility index (Phi) is 14.6. The molecule has 266 valence electrons. The van der Waals surface area contributed by atoms with E-state index in [-0.39, 0.29) is 11.6 Å². The third-order valence-corrected chi connectivity index (χ3v) is 8.24. The fraction of sp³-hybridized carbons (Fsp3) is 0.300. The van der Waals surface area contributed by atoms with E-state index in [9.17, 15) is 19.2 Å². The van der Waals surface area contributed by atoms with E-state index in [0.29, 0.717) is 11.4 Å². The minimum Gasteiger partial charge on any atom is -0.399 e. The maximum Gasteiger partial charge on any atom is 0.248 e. The summed E-state index contributed by atoms with van der Waals surface area (Å²) in [6.07, 6.45) is 0. The van der Waals surface area contributed by atoms with Gasteiger partial charge < -0.3 is 33.6 Å². The lowest BCUT2D eigenvalue weighted by molar-refractivity contribution is -0.127. The number of carbonyl (C=O) groups excluding carboxylic acids is 4. The maximum atomic E-state index is 11.5. The van der Waals surface area contributed by atoms with Crippen LogP contribution in [-0.4, -0.2) is 35.5 Å². The Morgan fingerprint density at radius 2 is 0.800 bits per heavy atom. The molecular formula is C40H52N6O4. The molecule has 10 N–H and O–H groups in total. The molecule has 0 bridgehead atoms. The smallest absolute Gasteiger partial charge is 0.248 e. The molecule has 0 saturated carbocycles. The third-order valence-electron chi connectivity index (χ3n) is 8.24. The van der Waals surface area contributed by atoms with Gasteiger partial charge in [-0.3, -0.25) is 19.2 Å². The van der Waals surface area contributed by atoms with Crippen LogP contribution < -0.4 is 33.6 Å². The molecule has 4 aromatic carbocycles. The predicted octanol–water partition coefficient (Wildman–Crippen LogP) is 6.07. The Hall–Kier alpha value is -5.32. The second kappa shape index (κ2) is 17.9. The number of carbonyl (C=O) groups is 4. The quantitative estimate of drug-likeness (QED) is 0.0999. The van der Waals surface area contributed by atoms with E-state index in [2.05, 4.69) is 36.6 Å². The van der Waals surface area contributed by atoms with Gasteiger partial charge in [-0.1, -0.05) is 35.4 Å². The first-order valence-corrected chi connectivity index (χ1v) is 16.3. The highest BCUT2D eigenvalue weighted by Crippen LogP contribution is 2.32. The molecule has 4 rings (SSSR count). The average Bonchev–Trinajstić information content (AvgIpc) is 3.03. The first-order chi connectivity index (χ1) is 23.2. The summed E-state index contributed by atoms with van der Waals surface area (Å²) < 4.78 is 0. The highest BCUT2D eigenvalue weighted by molar-refractivity contribution is 6.10. The molecule has 0 saturated heterocycles. The van der Waals surface area contributed by atoms with Crippen molar-refractivity contribution < 1.29 is 19.2 Å². The Balaban J connectivity index is 0.000000261. The van der Waals surface area contributed by atoms with E-state index in [1.54, 1.807) is 12.1 Å². The molecule has 2 unspecified atom stereocenters. The number of hydrogen-bond donors (Lipinski definition) is 6. The molecule has 0 aliphatic heterocycles. The number of benzene rings is 4. The number of nitrogen functional groups attached to an aromatic ring is 2. The number of hydrogen-bond acceptors (Lipinski definition) is 8. The fourth-order valence-corrected chi connectivity index (χ4v) is 4.96. The molecule has 10 nitrogen and oxygen atoms in total. The van der Waals surface area contributed by atoms with E-state index < -0.39 is 23.9 Å². The third kappa shape index (κ3) is 11.4. The van der Waals surface area contributed by atoms with Gasteiger partial charge in [0.2, 0.25) is 11.8 Å². The largest absolute Gasteiger partial charge is 0.399 e. The highest BCUT2D eigenvalue weighted by Gasteiger charge is 2.19. The van der Waals surface area contributed by atoms with Crippen LogP contribution in [0.5, 0.6) is 0 Å². The molecule has 50 heavy (non-hydrogen) atoms. The Morgan fingerprint density at radius 1 is 0.480 bits per heavy atom. The number of rotatable bonds is 7. The van der Waals surface area contributed by atoms with E-state index in [1.807, 2.05) is 77.9 Å². The van der Waals surface area contributed by atoms with Gasteiger partial charge in [-0.05, 0) is 150 Å². The van der Waals surface area contributed by atoms with Crippen LogP contribution in [0.2, 0.25) is 0 Å². The summed E-state index contributed by atoms with van der Waals surface area (Å²) in [5.74, 6) is -1.64. The van der Waals surface area contributed by atoms with E-state index in [4.69, 9.17) is 22.9 Å². The van der Waals surface area contributed by atoms with Crippen molar-refractivity contribution in [2.24, 2.45) is 11.5 Å². The lowest BCUT2D eigenvalue weighted by Gasteiger charge is -2.14. The molecule has 0 aliphatic rings. The standard InChI is InChI=1S/C16H20N2.2C12H16N2O2/c1-9-7-15(17)11(3)5-13(9)14-6-12(4)16(18)8-10(14)2;2*1-7-4-5-10(8(2)6-7)14-12(16)11(13)9(3)15/h5-8H,17-18H2,1-4H3;2*4-6,11H,13H2,1-3H3,(H,14,16). The Bertz CT molecular complexity index is 1760. The number of ketones is 2. The molecule has 0 radical (unpaired) electrons. The first kappa shape index (κ1) is 40.9. The van der Waals surface area contributed by atoms with Gasteiger partial charge in [0.1, 0.15) is 12.1 Å². The summed E-state index contributed by atoms with van der Waals surface area (Å²) in [6.45, 7) is 18.6. The van der Waals surface area contributed by atoms with Gasteiger partial charge in [-0.25, -0.2) is 0 Å².